The molecule has 33 heavy (non-hydrogen) atoms. The van der Waals surface area contributed by atoms with Crippen LogP contribution in [0.5, 0.6) is 5.75 Å². The molecule has 2 atom stereocenters. The Morgan fingerprint density at radius 2 is 2.03 bits per heavy atom. The van der Waals surface area contributed by atoms with Gasteiger partial charge in [0.05, 0.1) is 6.61 Å². The van der Waals surface area contributed by atoms with Crippen LogP contribution in [0.4, 0.5) is 4.79 Å². The van der Waals surface area contributed by atoms with Crippen molar-refractivity contribution in [3.05, 3.63) is 64.3 Å². The Labute approximate surface area is 195 Å². The zero-order valence-electron chi connectivity index (χ0n) is 18.1. The number of aromatic amines is 1. The quantitative estimate of drug-likeness (QED) is 0.328. The number of phenols is 1. The number of carbonyl (C=O) groups is 2. The summed E-state index contributed by atoms with van der Waals surface area (Å²) in [4.78, 5) is 33.6. The minimum atomic E-state index is -1.09. The number of H-pyrrole nitrogens is 1. The number of nitrogens with zero attached hydrogens (tertiary/aromatic N) is 2. The first-order valence-electron chi connectivity index (χ1n) is 10.9. The number of nitrogens with one attached hydrogen (secondary N) is 2. The second-order valence-electron chi connectivity index (χ2n) is 8.74. The van der Waals surface area contributed by atoms with Crippen molar-refractivity contribution < 1.29 is 19.8 Å². The average Bonchev–Trinajstić information content (AvgIpc) is 3.22. The molecule has 0 aliphatic carbocycles. The fourth-order valence-electron chi connectivity index (χ4n) is 5.12. The van der Waals surface area contributed by atoms with Gasteiger partial charge in [-0.15, -0.1) is 0 Å². The maximum atomic E-state index is 13.6. The van der Waals surface area contributed by atoms with E-state index in [0.29, 0.717) is 30.1 Å². The van der Waals surface area contributed by atoms with Crippen molar-refractivity contribution in [1.29, 1.82) is 0 Å². The molecule has 172 valence electrons. The van der Waals surface area contributed by atoms with Crippen molar-refractivity contribution in [3.8, 4) is 5.75 Å². The third kappa shape index (κ3) is 3.37. The summed E-state index contributed by atoms with van der Waals surface area (Å²) in [5.74, 6) is -0.172. The Bertz CT molecular complexity index is 1260. The first-order valence-corrected chi connectivity index (χ1v) is 11.3. The summed E-state index contributed by atoms with van der Waals surface area (Å²) in [5.41, 5.74) is 2.26. The molecule has 0 saturated carbocycles. The number of carbonyl (C=O) groups excluding carboxylic acids is 2. The third-order valence-electron chi connectivity index (χ3n) is 6.62. The van der Waals surface area contributed by atoms with Crippen molar-refractivity contribution >= 4 is 34.4 Å². The second kappa shape index (κ2) is 8.06. The van der Waals surface area contributed by atoms with Gasteiger partial charge >= 0.3 is 6.03 Å². The normalized spacial score (nSPS) is 22.2. The van der Waals surface area contributed by atoms with E-state index < -0.39 is 11.6 Å². The van der Waals surface area contributed by atoms with Crippen LogP contribution in [0.15, 0.2) is 42.5 Å². The van der Waals surface area contributed by atoms with E-state index in [0.717, 1.165) is 22.2 Å². The number of amides is 3. The Balaban J connectivity index is 1.65. The molecule has 4 N–H and O–H groups in total. The molecule has 0 radical (unpaired) electrons. The van der Waals surface area contributed by atoms with E-state index in [1.807, 2.05) is 18.2 Å². The average molecular weight is 469 g/mol. The maximum Gasteiger partial charge on any atom is 0.328 e. The van der Waals surface area contributed by atoms with Crippen molar-refractivity contribution in [2.24, 2.45) is 0 Å². The lowest BCUT2D eigenvalue weighted by Crippen LogP contribution is -2.53. The van der Waals surface area contributed by atoms with Gasteiger partial charge in [0.25, 0.3) is 5.91 Å². The molecular formula is C24H25ClN4O4. The summed E-state index contributed by atoms with van der Waals surface area (Å²) < 4.78 is 0. The molecule has 1 fully saturated rings. The topological polar surface area (TPSA) is 109 Å². The molecule has 1 unspecified atom stereocenters. The number of aromatic hydroxyl groups is 1. The molecule has 1 aromatic heterocycles. The van der Waals surface area contributed by atoms with Crippen molar-refractivity contribution in [3.63, 3.8) is 0 Å². The van der Waals surface area contributed by atoms with E-state index in [4.69, 9.17) is 16.7 Å². The summed E-state index contributed by atoms with van der Waals surface area (Å²) in [6, 6.07) is 11.4. The Kier molecular flexibility index (Phi) is 5.31. The van der Waals surface area contributed by atoms with Crippen LogP contribution < -0.4 is 5.32 Å². The monoisotopic (exact) mass is 468 g/mol. The molecule has 9 heteroatoms. The van der Waals surface area contributed by atoms with E-state index >= 15 is 0 Å². The molecule has 0 bridgehead atoms. The van der Waals surface area contributed by atoms with Crippen LogP contribution in [0.25, 0.3) is 10.9 Å². The van der Waals surface area contributed by atoms with Gasteiger partial charge in [0.2, 0.25) is 0 Å². The van der Waals surface area contributed by atoms with Crippen LogP contribution in [0, 0.1) is 0 Å². The summed E-state index contributed by atoms with van der Waals surface area (Å²) in [5, 5.41) is 23.7. The summed E-state index contributed by atoms with van der Waals surface area (Å²) >= 11 is 6.28. The molecule has 3 aromatic rings. The van der Waals surface area contributed by atoms with Gasteiger partial charge in [0, 0.05) is 47.7 Å². The minimum Gasteiger partial charge on any atom is -0.508 e. The number of aromatic nitrogens is 1. The predicted molar refractivity (Wildman–Crippen MR) is 124 cm³/mol. The van der Waals surface area contributed by atoms with Gasteiger partial charge in [-0.25, -0.2) is 4.79 Å². The third-order valence-corrected chi connectivity index (χ3v) is 6.85. The molecule has 2 aromatic carbocycles. The summed E-state index contributed by atoms with van der Waals surface area (Å²) in [6.45, 7) is 2.77. The Morgan fingerprint density at radius 3 is 2.79 bits per heavy atom. The maximum absolute atomic E-state index is 13.6. The SMILES string of the molecule is C[C@@]12Cc3c([nH]c4ccc(Cl)cc34)C(c3cccc(O)c3)N1C(=O)N(CCNCCO)C2=O. The van der Waals surface area contributed by atoms with Gasteiger partial charge in [-0.05, 0) is 48.4 Å². The van der Waals surface area contributed by atoms with Crippen LogP contribution in [0.1, 0.15) is 29.8 Å². The zero-order valence-corrected chi connectivity index (χ0v) is 18.9. The number of hydrogen-bond donors (Lipinski definition) is 4. The van der Waals surface area contributed by atoms with Gasteiger partial charge in [0.15, 0.2) is 0 Å². The minimum absolute atomic E-state index is 0.0183. The van der Waals surface area contributed by atoms with Crippen LogP contribution in [0.2, 0.25) is 5.02 Å². The molecule has 2 aliphatic heterocycles. The number of fused-ring (bicyclic) bond motifs is 4. The van der Waals surface area contributed by atoms with Crippen molar-refractivity contribution in [2.75, 3.05) is 26.2 Å². The van der Waals surface area contributed by atoms with E-state index in [-0.39, 0.29) is 30.8 Å². The molecule has 2 aliphatic rings. The highest BCUT2D eigenvalue weighted by atomic mass is 35.5. The number of urea groups is 1. The Morgan fingerprint density at radius 1 is 1.21 bits per heavy atom. The Hall–Kier alpha value is -3.07. The fraction of sp³-hybridized carbons (Fsp3) is 0.333. The smallest absolute Gasteiger partial charge is 0.328 e. The molecule has 5 rings (SSSR count). The zero-order chi connectivity index (χ0) is 23.3. The number of hydrogen-bond acceptors (Lipinski definition) is 5. The van der Waals surface area contributed by atoms with E-state index in [1.54, 1.807) is 36.1 Å². The van der Waals surface area contributed by atoms with Crippen molar-refractivity contribution in [1.82, 2.24) is 20.1 Å². The number of halogens is 1. The molecule has 3 amide bonds. The first kappa shape index (κ1) is 21.8. The van der Waals surface area contributed by atoms with Gasteiger partial charge in [-0.2, -0.15) is 0 Å². The summed E-state index contributed by atoms with van der Waals surface area (Å²) in [6.07, 6.45) is 0.350. The lowest BCUT2D eigenvalue weighted by molar-refractivity contribution is -0.133. The molecule has 8 nitrogen and oxygen atoms in total. The second-order valence-corrected chi connectivity index (χ2v) is 9.17. The number of imide groups is 1. The molecule has 1 saturated heterocycles. The highest BCUT2D eigenvalue weighted by Gasteiger charge is 2.60. The van der Waals surface area contributed by atoms with Gasteiger partial charge in [-0.3, -0.25) is 14.6 Å². The van der Waals surface area contributed by atoms with Crippen LogP contribution in [-0.4, -0.2) is 68.7 Å². The van der Waals surface area contributed by atoms with Crippen LogP contribution in [0.3, 0.4) is 0 Å². The lowest BCUT2D eigenvalue weighted by Gasteiger charge is -2.42. The van der Waals surface area contributed by atoms with Crippen LogP contribution in [-0.2, 0) is 11.2 Å². The van der Waals surface area contributed by atoms with Crippen molar-refractivity contribution in [2.45, 2.75) is 24.9 Å². The lowest BCUT2D eigenvalue weighted by atomic mass is 9.81. The molecular weight excluding hydrogens is 444 g/mol. The number of benzene rings is 2. The predicted octanol–water partition coefficient (Wildman–Crippen LogP) is 2.78. The first-order chi connectivity index (χ1) is 15.8. The highest BCUT2D eigenvalue weighted by Crippen LogP contribution is 2.49. The van der Waals surface area contributed by atoms with Gasteiger partial charge in [0.1, 0.15) is 17.3 Å². The number of phenolic OH excluding ortho intramolecular Hbond substituents is 1. The summed E-state index contributed by atoms with van der Waals surface area (Å²) in [7, 11) is 0. The van der Waals surface area contributed by atoms with Gasteiger partial charge in [-0.1, -0.05) is 23.7 Å². The molecule has 0 spiro atoms. The largest absolute Gasteiger partial charge is 0.508 e. The highest BCUT2D eigenvalue weighted by molar-refractivity contribution is 6.31. The van der Waals surface area contributed by atoms with E-state index in [2.05, 4.69) is 10.3 Å². The van der Waals surface area contributed by atoms with E-state index in [9.17, 15) is 14.7 Å². The standard InChI is InChI=1S/C24H25ClN4O4/c1-24-13-18-17-12-15(25)5-6-19(17)27-20(18)21(14-3-2-4-16(31)11-14)29(24)23(33)28(22(24)32)9-7-26-8-10-30/h2-6,11-12,21,26-27,30-31H,7-10,13H2,1H3/t21?,24-/m0/s1. The fourth-order valence-corrected chi connectivity index (χ4v) is 5.29. The van der Waals surface area contributed by atoms with E-state index in [1.165, 1.54) is 4.90 Å². The number of aliphatic hydroxyl groups excluding tert-OH is 1. The van der Waals surface area contributed by atoms with Gasteiger partial charge < -0.3 is 20.5 Å². The number of rotatable bonds is 6. The molecule has 3 heterocycles. The van der Waals surface area contributed by atoms with Crippen LogP contribution >= 0.6 is 11.6 Å². The number of aliphatic hydroxyl groups is 1.